The van der Waals surface area contributed by atoms with Gasteiger partial charge in [0, 0.05) is 12.7 Å². The fourth-order valence-corrected chi connectivity index (χ4v) is 2.01. The molecular weight excluding hydrogens is 216 g/mol. The van der Waals surface area contributed by atoms with Gasteiger partial charge in [-0.05, 0) is 13.5 Å². The topological polar surface area (TPSA) is 86.9 Å². The van der Waals surface area contributed by atoms with E-state index in [-0.39, 0.29) is 0 Å². The van der Waals surface area contributed by atoms with Crippen LogP contribution >= 0.6 is 0 Å². The van der Waals surface area contributed by atoms with Crippen LogP contribution in [0.1, 0.15) is 13.8 Å². The first-order valence-electron chi connectivity index (χ1n) is 4.77. The highest BCUT2D eigenvalue weighted by molar-refractivity contribution is 7.93. The van der Waals surface area contributed by atoms with Crippen molar-refractivity contribution in [3.63, 3.8) is 0 Å². The number of hydrogen-bond acceptors (Lipinski definition) is 4. The lowest BCUT2D eigenvalue weighted by Gasteiger charge is -2.13. The third-order valence-electron chi connectivity index (χ3n) is 1.97. The molecule has 0 aliphatic carbocycles. The van der Waals surface area contributed by atoms with E-state index in [1.54, 1.807) is 6.92 Å². The predicted octanol–water partition coefficient (Wildman–Crippen LogP) is 0.149. The van der Waals surface area contributed by atoms with Crippen LogP contribution in [0.2, 0.25) is 0 Å². The van der Waals surface area contributed by atoms with Crippen LogP contribution in [0.25, 0.3) is 0 Å². The molecular formula is C8H16N4O2S. The molecule has 0 saturated heterocycles. The van der Waals surface area contributed by atoms with E-state index in [2.05, 4.69) is 20.2 Å². The van der Waals surface area contributed by atoms with Crippen molar-refractivity contribution in [2.24, 2.45) is 0 Å². The van der Waals surface area contributed by atoms with Crippen LogP contribution in [0.3, 0.4) is 0 Å². The number of hydrogen-bond donors (Lipinski definition) is 3. The number of rotatable bonds is 6. The fourth-order valence-electron chi connectivity index (χ4n) is 1.03. The second kappa shape index (κ2) is 5.13. The minimum atomic E-state index is -3.33. The van der Waals surface area contributed by atoms with Gasteiger partial charge in [-0.15, -0.1) is 0 Å². The minimum absolute atomic E-state index is 0.434. The van der Waals surface area contributed by atoms with Crippen LogP contribution in [0.4, 0.5) is 5.69 Å². The lowest BCUT2D eigenvalue weighted by atomic mass is 10.5. The van der Waals surface area contributed by atoms with Gasteiger partial charge in [-0.1, -0.05) is 6.92 Å². The van der Waals surface area contributed by atoms with Gasteiger partial charge in [0.1, 0.15) is 0 Å². The quantitative estimate of drug-likeness (QED) is 0.651. The largest absolute Gasteiger partial charge is 0.316 e. The Morgan fingerprint density at radius 3 is 2.87 bits per heavy atom. The highest BCUT2D eigenvalue weighted by Crippen LogP contribution is 2.08. The first-order chi connectivity index (χ1) is 7.06. The lowest BCUT2D eigenvalue weighted by Crippen LogP contribution is -2.34. The second-order valence-electron chi connectivity index (χ2n) is 3.25. The molecule has 1 rings (SSSR count). The summed E-state index contributed by atoms with van der Waals surface area (Å²) in [6.07, 6.45) is 2.93. The first-order valence-corrected chi connectivity index (χ1v) is 6.32. The molecule has 6 nitrogen and oxygen atoms in total. The highest BCUT2D eigenvalue weighted by atomic mass is 32.2. The molecule has 1 aromatic heterocycles. The summed E-state index contributed by atoms with van der Waals surface area (Å²) in [5.74, 6) is 0. The van der Waals surface area contributed by atoms with Crippen molar-refractivity contribution in [2.75, 3.05) is 17.8 Å². The Labute approximate surface area is 89.5 Å². The monoisotopic (exact) mass is 232 g/mol. The molecule has 0 fully saturated rings. The van der Waals surface area contributed by atoms with Crippen LogP contribution in [0, 0.1) is 0 Å². The number of aromatic amines is 1. The number of H-pyrrole nitrogens is 1. The average molecular weight is 232 g/mol. The molecule has 0 amide bonds. The smallest absolute Gasteiger partial charge is 0.236 e. The molecule has 15 heavy (non-hydrogen) atoms. The molecule has 1 unspecified atom stereocenters. The van der Waals surface area contributed by atoms with Gasteiger partial charge in [0.05, 0.1) is 17.1 Å². The van der Waals surface area contributed by atoms with Crippen molar-refractivity contribution in [1.82, 2.24) is 15.5 Å². The summed E-state index contributed by atoms with van der Waals surface area (Å²) in [4.78, 5) is 0. The first kappa shape index (κ1) is 12.0. The summed E-state index contributed by atoms with van der Waals surface area (Å²) < 4.78 is 25.9. The standard InChI is InChI=1S/C8H16N4O2S/c1-3-9-4-7(2)15(13,14)12-8-5-10-11-6-8/h5-7,9,12H,3-4H2,1-2H3,(H,10,11). The maximum Gasteiger partial charge on any atom is 0.236 e. The average Bonchev–Trinajstić information content (AvgIpc) is 2.65. The van der Waals surface area contributed by atoms with E-state index >= 15 is 0 Å². The van der Waals surface area contributed by atoms with Crippen molar-refractivity contribution in [2.45, 2.75) is 19.1 Å². The summed E-state index contributed by atoms with van der Waals surface area (Å²) in [6, 6.07) is 0. The summed E-state index contributed by atoms with van der Waals surface area (Å²) in [6.45, 7) is 4.78. The molecule has 3 N–H and O–H groups in total. The molecule has 0 aliphatic heterocycles. The molecule has 0 radical (unpaired) electrons. The van der Waals surface area contributed by atoms with Crippen LogP contribution in [-0.4, -0.2) is 37.0 Å². The van der Waals surface area contributed by atoms with Crippen LogP contribution < -0.4 is 10.0 Å². The van der Waals surface area contributed by atoms with Gasteiger partial charge >= 0.3 is 0 Å². The van der Waals surface area contributed by atoms with Crippen LogP contribution in [-0.2, 0) is 10.0 Å². The summed E-state index contributed by atoms with van der Waals surface area (Å²) in [5.41, 5.74) is 0.457. The Hall–Kier alpha value is -1.08. The van der Waals surface area contributed by atoms with Crippen molar-refractivity contribution in [1.29, 1.82) is 0 Å². The van der Waals surface area contributed by atoms with Crippen LogP contribution in [0.5, 0.6) is 0 Å². The Morgan fingerprint density at radius 2 is 2.33 bits per heavy atom. The normalized spacial score (nSPS) is 13.7. The van der Waals surface area contributed by atoms with Gasteiger partial charge in [0.25, 0.3) is 0 Å². The number of nitrogens with zero attached hydrogens (tertiary/aromatic N) is 1. The van der Waals surface area contributed by atoms with Crippen molar-refractivity contribution in [3.05, 3.63) is 12.4 Å². The number of sulfonamides is 1. The van der Waals surface area contributed by atoms with Crippen molar-refractivity contribution in [3.8, 4) is 0 Å². The van der Waals surface area contributed by atoms with Gasteiger partial charge < -0.3 is 5.32 Å². The molecule has 0 spiro atoms. The van der Waals surface area contributed by atoms with E-state index in [0.717, 1.165) is 6.54 Å². The fraction of sp³-hybridized carbons (Fsp3) is 0.625. The van der Waals surface area contributed by atoms with E-state index in [9.17, 15) is 8.42 Å². The van der Waals surface area contributed by atoms with Gasteiger partial charge in [-0.2, -0.15) is 5.10 Å². The lowest BCUT2D eigenvalue weighted by molar-refractivity contribution is 0.579. The molecule has 7 heteroatoms. The van der Waals surface area contributed by atoms with E-state index in [0.29, 0.717) is 12.2 Å². The van der Waals surface area contributed by atoms with Gasteiger partial charge in [0.15, 0.2) is 0 Å². The summed E-state index contributed by atoms with van der Waals surface area (Å²) in [7, 11) is -3.33. The zero-order valence-corrected chi connectivity index (χ0v) is 9.63. The maximum absolute atomic E-state index is 11.7. The SMILES string of the molecule is CCNCC(C)S(=O)(=O)Nc1cn[nH]c1. The Kier molecular flexibility index (Phi) is 4.10. The van der Waals surface area contributed by atoms with Gasteiger partial charge in [-0.25, -0.2) is 8.42 Å². The molecule has 86 valence electrons. The zero-order valence-electron chi connectivity index (χ0n) is 8.82. The Morgan fingerprint density at radius 1 is 1.60 bits per heavy atom. The molecule has 0 bridgehead atoms. The predicted molar refractivity (Wildman–Crippen MR) is 59.1 cm³/mol. The van der Waals surface area contributed by atoms with E-state index in [4.69, 9.17) is 0 Å². The Balaban J connectivity index is 2.59. The van der Waals surface area contributed by atoms with Crippen molar-refractivity contribution < 1.29 is 8.42 Å². The molecule has 1 heterocycles. The third kappa shape index (κ3) is 3.52. The molecule has 1 atom stereocenters. The van der Waals surface area contributed by atoms with E-state index in [1.807, 2.05) is 6.92 Å². The van der Waals surface area contributed by atoms with Gasteiger partial charge in [0.2, 0.25) is 10.0 Å². The highest BCUT2D eigenvalue weighted by Gasteiger charge is 2.20. The van der Waals surface area contributed by atoms with Crippen LogP contribution in [0.15, 0.2) is 12.4 Å². The molecule has 0 saturated carbocycles. The molecule has 0 aromatic carbocycles. The number of aromatic nitrogens is 2. The molecule has 1 aromatic rings. The minimum Gasteiger partial charge on any atom is -0.316 e. The molecule has 0 aliphatic rings. The number of anilines is 1. The zero-order chi connectivity index (χ0) is 11.3. The second-order valence-corrected chi connectivity index (χ2v) is 5.35. The number of nitrogens with one attached hydrogen (secondary N) is 3. The summed E-state index contributed by atoms with van der Waals surface area (Å²) >= 11 is 0. The Bertz CT molecular complexity index is 373. The van der Waals surface area contributed by atoms with E-state index < -0.39 is 15.3 Å². The summed E-state index contributed by atoms with van der Waals surface area (Å²) in [5, 5.41) is 8.71. The van der Waals surface area contributed by atoms with Gasteiger partial charge in [-0.3, -0.25) is 9.82 Å². The maximum atomic E-state index is 11.7. The third-order valence-corrected chi connectivity index (χ3v) is 3.72. The van der Waals surface area contributed by atoms with E-state index in [1.165, 1.54) is 12.4 Å². The van der Waals surface area contributed by atoms with Crippen molar-refractivity contribution >= 4 is 15.7 Å².